The number of carboxylic acid groups (broad SMARTS) is 1. The molecule has 1 heterocycles. The molecule has 2 amide bonds. The molecule has 1 saturated carbocycles. The number of carbonyl (C=O) groups is 3. The number of hydrogen-bond acceptors (Lipinski definition) is 3. The molecule has 104 valence electrons. The highest BCUT2D eigenvalue weighted by atomic mass is 16.4. The fourth-order valence-electron chi connectivity index (χ4n) is 3.33. The first-order valence-corrected chi connectivity index (χ1v) is 6.75. The lowest BCUT2D eigenvalue weighted by Crippen LogP contribution is -2.35. The summed E-state index contributed by atoms with van der Waals surface area (Å²) in [7, 11) is 0. The van der Waals surface area contributed by atoms with Gasteiger partial charge in [-0.1, -0.05) is 25.0 Å². The molecule has 1 spiro atoms. The van der Waals surface area contributed by atoms with E-state index in [1.807, 2.05) is 0 Å². The summed E-state index contributed by atoms with van der Waals surface area (Å²) in [6, 6.07) is 6.16. The second kappa shape index (κ2) is 4.44. The topological polar surface area (TPSA) is 74.7 Å². The highest BCUT2D eigenvalue weighted by Crippen LogP contribution is 2.48. The van der Waals surface area contributed by atoms with Crippen molar-refractivity contribution in [3.8, 4) is 0 Å². The van der Waals surface area contributed by atoms with Crippen LogP contribution in [-0.4, -0.2) is 22.9 Å². The quantitative estimate of drug-likeness (QED) is 0.838. The van der Waals surface area contributed by atoms with Gasteiger partial charge in [-0.05, 0) is 25.0 Å². The SMILES string of the molecule is O=C(O)c1ccccc1N1C(=O)CC2(CCCC2)C1=O. The van der Waals surface area contributed by atoms with E-state index in [-0.39, 0.29) is 29.5 Å². The first kappa shape index (κ1) is 12.8. The normalized spacial score (nSPS) is 20.9. The van der Waals surface area contributed by atoms with Gasteiger partial charge >= 0.3 is 5.97 Å². The number of benzene rings is 1. The number of amides is 2. The zero-order valence-electron chi connectivity index (χ0n) is 11.0. The van der Waals surface area contributed by atoms with E-state index in [1.54, 1.807) is 12.1 Å². The largest absolute Gasteiger partial charge is 0.478 e. The number of nitrogens with zero attached hydrogens (tertiary/aromatic N) is 1. The number of hydrogen-bond donors (Lipinski definition) is 1. The van der Waals surface area contributed by atoms with E-state index in [0.29, 0.717) is 0 Å². The van der Waals surface area contributed by atoms with Crippen LogP contribution in [0.3, 0.4) is 0 Å². The first-order valence-electron chi connectivity index (χ1n) is 6.75. The number of carbonyl (C=O) groups excluding carboxylic acids is 2. The maximum absolute atomic E-state index is 12.6. The summed E-state index contributed by atoms with van der Waals surface area (Å²) in [4.78, 5) is 37.2. The van der Waals surface area contributed by atoms with Crippen LogP contribution in [0.2, 0.25) is 0 Å². The van der Waals surface area contributed by atoms with E-state index in [2.05, 4.69) is 0 Å². The Morgan fingerprint density at radius 1 is 1.15 bits per heavy atom. The molecule has 1 aliphatic heterocycles. The molecule has 1 saturated heterocycles. The van der Waals surface area contributed by atoms with Gasteiger partial charge in [-0.3, -0.25) is 9.59 Å². The monoisotopic (exact) mass is 273 g/mol. The number of imide groups is 1. The molecule has 2 fully saturated rings. The van der Waals surface area contributed by atoms with Gasteiger partial charge in [0, 0.05) is 6.42 Å². The van der Waals surface area contributed by atoms with Crippen molar-refractivity contribution in [2.45, 2.75) is 32.1 Å². The molecule has 1 N–H and O–H groups in total. The highest BCUT2D eigenvalue weighted by Gasteiger charge is 2.53. The van der Waals surface area contributed by atoms with Crippen molar-refractivity contribution in [3.63, 3.8) is 0 Å². The van der Waals surface area contributed by atoms with E-state index < -0.39 is 11.4 Å². The Kier molecular flexibility index (Phi) is 2.85. The van der Waals surface area contributed by atoms with Crippen LogP contribution in [0.15, 0.2) is 24.3 Å². The molecule has 20 heavy (non-hydrogen) atoms. The molecule has 2 aliphatic rings. The fraction of sp³-hybridized carbons (Fsp3) is 0.400. The van der Waals surface area contributed by atoms with E-state index in [0.717, 1.165) is 30.6 Å². The Labute approximate surface area is 116 Å². The standard InChI is InChI=1S/C15H15NO4/c17-12-9-15(7-3-4-8-15)14(20)16(12)11-6-2-1-5-10(11)13(18)19/h1-2,5-6H,3-4,7-9H2,(H,18,19). The summed E-state index contributed by atoms with van der Waals surface area (Å²) in [6.45, 7) is 0. The zero-order valence-corrected chi connectivity index (χ0v) is 11.0. The number of carboxylic acids is 1. The van der Waals surface area contributed by atoms with Gasteiger partial charge in [-0.2, -0.15) is 0 Å². The van der Waals surface area contributed by atoms with E-state index >= 15 is 0 Å². The molecular weight excluding hydrogens is 258 g/mol. The first-order chi connectivity index (χ1) is 9.55. The number of aromatic carboxylic acids is 1. The Morgan fingerprint density at radius 3 is 2.45 bits per heavy atom. The average molecular weight is 273 g/mol. The Morgan fingerprint density at radius 2 is 1.80 bits per heavy atom. The summed E-state index contributed by atoms with van der Waals surface area (Å²) in [5, 5.41) is 9.21. The third kappa shape index (κ3) is 1.73. The summed E-state index contributed by atoms with van der Waals surface area (Å²) < 4.78 is 0. The molecule has 5 heteroatoms. The lowest BCUT2D eigenvalue weighted by atomic mass is 9.84. The van der Waals surface area contributed by atoms with Crippen molar-refractivity contribution in [2.24, 2.45) is 5.41 Å². The molecule has 1 aromatic rings. The van der Waals surface area contributed by atoms with E-state index in [4.69, 9.17) is 0 Å². The average Bonchev–Trinajstić information content (AvgIpc) is 2.97. The molecule has 1 aromatic carbocycles. The Bertz CT molecular complexity index is 602. The van der Waals surface area contributed by atoms with Crippen molar-refractivity contribution in [1.29, 1.82) is 0 Å². The Hall–Kier alpha value is -2.17. The Balaban J connectivity index is 2.05. The number of anilines is 1. The lowest BCUT2D eigenvalue weighted by molar-refractivity contribution is -0.125. The predicted molar refractivity (Wildman–Crippen MR) is 71.4 cm³/mol. The molecule has 5 nitrogen and oxygen atoms in total. The van der Waals surface area contributed by atoms with Crippen molar-refractivity contribution in [2.75, 3.05) is 4.90 Å². The van der Waals surface area contributed by atoms with Crippen LogP contribution in [-0.2, 0) is 9.59 Å². The van der Waals surface area contributed by atoms with Crippen LogP contribution in [0.1, 0.15) is 42.5 Å². The number of para-hydroxylation sites is 1. The van der Waals surface area contributed by atoms with Gasteiger partial charge in [0.05, 0.1) is 16.7 Å². The molecule has 0 radical (unpaired) electrons. The van der Waals surface area contributed by atoms with Gasteiger partial charge in [0.1, 0.15) is 0 Å². The lowest BCUT2D eigenvalue weighted by Gasteiger charge is -2.21. The van der Waals surface area contributed by atoms with Crippen molar-refractivity contribution < 1.29 is 19.5 Å². The van der Waals surface area contributed by atoms with Gasteiger partial charge < -0.3 is 5.11 Å². The van der Waals surface area contributed by atoms with Crippen molar-refractivity contribution in [1.82, 2.24) is 0 Å². The third-order valence-corrected chi connectivity index (χ3v) is 4.33. The molecule has 1 aliphatic carbocycles. The smallest absolute Gasteiger partial charge is 0.337 e. The second-order valence-electron chi connectivity index (χ2n) is 5.52. The fourth-order valence-corrected chi connectivity index (χ4v) is 3.33. The predicted octanol–water partition coefficient (Wildman–Crippen LogP) is 2.21. The van der Waals surface area contributed by atoms with Gasteiger partial charge in [-0.15, -0.1) is 0 Å². The van der Waals surface area contributed by atoms with Crippen LogP contribution in [0.25, 0.3) is 0 Å². The molecular formula is C15H15NO4. The minimum Gasteiger partial charge on any atom is -0.478 e. The zero-order chi connectivity index (χ0) is 14.3. The highest BCUT2D eigenvalue weighted by molar-refractivity contribution is 6.24. The van der Waals surface area contributed by atoms with Crippen LogP contribution >= 0.6 is 0 Å². The minimum absolute atomic E-state index is 0.00996. The van der Waals surface area contributed by atoms with Gasteiger partial charge in [0.25, 0.3) is 0 Å². The molecule has 0 aromatic heterocycles. The van der Waals surface area contributed by atoms with Crippen LogP contribution < -0.4 is 4.90 Å². The summed E-state index contributed by atoms with van der Waals surface area (Å²) >= 11 is 0. The summed E-state index contributed by atoms with van der Waals surface area (Å²) in [5.41, 5.74) is -0.397. The minimum atomic E-state index is -1.13. The van der Waals surface area contributed by atoms with Crippen LogP contribution in [0.4, 0.5) is 5.69 Å². The van der Waals surface area contributed by atoms with E-state index in [9.17, 15) is 19.5 Å². The second-order valence-corrected chi connectivity index (χ2v) is 5.52. The molecule has 0 unspecified atom stereocenters. The molecule has 0 bridgehead atoms. The summed E-state index contributed by atoms with van der Waals surface area (Å²) in [6.07, 6.45) is 3.56. The van der Waals surface area contributed by atoms with Crippen LogP contribution in [0.5, 0.6) is 0 Å². The van der Waals surface area contributed by atoms with Gasteiger partial charge in [-0.25, -0.2) is 9.69 Å². The van der Waals surface area contributed by atoms with Crippen molar-refractivity contribution in [3.05, 3.63) is 29.8 Å². The third-order valence-electron chi connectivity index (χ3n) is 4.33. The summed E-state index contributed by atoms with van der Waals surface area (Å²) in [5.74, 6) is -1.65. The van der Waals surface area contributed by atoms with Gasteiger partial charge in [0.15, 0.2) is 0 Å². The molecule has 0 atom stereocenters. The van der Waals surface area contributed by atoms with E-state index in [1.165, 1.54) is 12.1 Å². The maximum Gasteiger partial charge on any atom is 0.337 e. The number of rotatable bonds is 2. The molecule has 3 rings (SSSR count). The van der Waals surface area contributed by atoms with Crippen LogP contribution in [0, 0.1) is 5.41 Å². The van der Waals surface area contributed by atoms with Gasteiger partial charge in [0.2, 0.25) is 11.8 Å². The maximum atomic E-state index is 12.6. The van der Waals surface area contributed by atoms with Crippen molar-refractivity contribution >= 4 is 23.5 Å².